The second-order valence-corrected chi connectivity index (χ2v) is 10.1. The molecule has 1 atom stereocenters. The molecule has 160 valence electrons. The number of thioether (sulfide) groups is 1. The number of fused-ring (bicyclic) bond motifs is 1. The molecule has 0 saturated carbocycles. The van der Waals surface area contributed by atoms with Crippen LogP contribution in [0.2, 0.25) is 0 Å². The highest BCUT2D eigenvalue weighted by Crippen LogP contribution is 2.38. The molecule has 0 radical (unpaired) electrons. The van der Waals surface area contributed by atoms with Gasteiger partial charge >= 0.3 is 0 Å². The van der Waals surface area contributed by atoms with Crippen LogP contribution < -0.4 is 0 Å². The van der Waals surface area contributed by atoms with Crippen molar-refractivity contribution in [3.05, 3.63) is 96.3 Å². The van der Waals surface area contributed by atoms with Gasteiger partial charge in [0, 0.05) is 23.7 Å². The molecule has 2 heterocycles. The van der Waals surface area contributed by atoms with Crippen molar-refractivity contribution in [2.45, 2.75) is 22.3 Å². The summed E-state index contributed by atoms with van der Waals surface area (Å²) in [7, 11) is -3.84. The van der Waals surface area contributed by atoms with Crippen molar-refractivity contribution >= 4 is 38.5 Å². The number of benzene rings is 3. The van der Waals surface area contributed by atoms with Crippen molar-refractivity contribution in [2.75, 3.05) is 6.26 Å². The monoisotopic (exact) mass is 460 g/mol. The summed E-state index contributed by atoms with van der Waals surface area (Å²) in [6, 6.07) is 21.7. The summed E-state index contributed by atoms with van der Waals surface area (Å²) in [6.07, 6.45) is 5.77. The molecule has 0 N–H and O–H groups in total. The molecule has 6 nitrogen and oxygen atoms in total. The lowest BCUT2D eigenvalue weighted by Crippen LogP contribution is -2.27. The zero-order chi connectivity index (χ0) is 22.1. The highest BCUT2D eigenvalue weighted by Gasteiger charge is 2.37. The van der Waals surface area contributed by atoms with Gasteiger partial charge in [0.2, 0.25) is 0 Å². The molecular weight excluding hydrogens is 440 g/mol. The van der Waals surface area contributed by atoms with E-state index in [1.165, 1.54) is 4.41 Å². The topological polar surface area (TPSA) is 75.5 Å². The van der Waals surface area contributed by atoms with Gasteiger partial charge in [0.25, 0.3) is 10.0 Å². The highest BCUT2D eigenvalue weighted by atomic mass is 32.2. The Balaban J connectivity index is 1.60. The third-order valence-electron chi connectivity index (χ3n) is 5.46. The number of nitrogens with zero attached hydrogens (tertiary/aromatic N) is 4. The first-order valence-electron chi connectivity index (χ1n) is 10.1. The van der Waals surface area contributed by atoms with Crippen LogP contribution in [0.5, 0.6) is 0 Å². The molecule has 1 aromatic heterocycles. The normalized spacial score (nSPS) is 16.3. The third-order valence-corrected chi connectivity index (χ3v) is 7.90. The zero-order valence-corrected chi connectivity index (χ0v) is 18.9. The Morgan fingerprint density at radius 3 is 2.34 bits per heavy atom. The van der Waals surface area contributed by atoms with Gasteiger partial charge in [-0.25, -0.2) is 0 Å². The summed E-state index contributed by atoms with van der Waals surface area (Å²) in [5, 5.41) is 4.62. The van der Waals surface area contributed by atoms with Crippen LogP contribution in [0.15, 0.2) is 100 Å². The van der Waals surface area contributed by atoms with E-state index in [2.05, 4.69) is 15.1 Å². The van der Waals surface area contributed by atoms with E-state index in [4.69, 9.17) is 0 Å². The Bertz CT molecular complexity index is 1410. The van der Waals surface area contributed by atoms with Crippen molar-refractivity contribution in [1.82, 2.24) is 14.4 Å². The first kappa shape index (κ1) is 20.7. The smallest absolute Gasteiger partial charge is 0.253 e. The Morgan fingerprint density at radius 2 is 1.62 bits per heavy atom. The molecule has 0 amide bonds. The SMILES string of the molecule is CSc1ccc(C2=NN(S(=O)(=O)c3ccccc3)[C@@H](c3ccc4nccnc4c3)C2)cc1. The van der Waals surface area contributed by atoms with Crippen LogP contribution in [0.3, 0.4) is 0 Å². The molecule has 0 spiro atoms. The Hall–Kier alpha value is -3.23. The summed E-state index contributed by atoms with van der Waals surface area (Å²) in [4.78, 5) is 10.1. The maximum absolute atomic E-state index is 13.5. The van der Waals surface area contributed by atoms with Crippen LogP contribution >= 0.6 is 11.8 Å². The van der Waals surface area contributed by atoms with E-state index in [1.54, 1.807) is 54.5 Å². The fourth-order valence-electron chi connectivity index (χ4n) is 3.80. The van der Waals surface area contributed by atoms with Gasteiger partial charge in [-0.3, -0.25) is 9.97 Å². The highest BCUT2D eigenvalue weighted by molar-refractivity contribution is 7.98. The number of hydrazone groups is 1. The minimum absolute atomic E-state index is 0.216. The maximum atomic E-state index is 13.5. The second-order valence-electron chi connectivity index (χ2n) is 7.39. The predicted octanol–water partition coefficient (Wildman–Crippen LogP) is 4.89. The second kappa shape index (κ2) is 8.37. The van der Waals surface area contributed by atoms with Gasteiger partial charge in [-0.15, -0.1) is 11.8 Å². The van der Waals surface area contributed by atoms with Crippen molar-refractivity contribution in [1.29, 1.82) is 0 Å². The molecule has 4 aromatic rings. The predicted molar refractivity (Wildman–Crippen MR) is 127 cm³/mol. The summed E-state index contributed by atoms with van der Waals surface area (Å²) in [5.74, 6) is 0. The van der Waals surface area contributed by atoms with Gasteiger partial charge in [-0.2, -0.15) is 17.9 Å². The standard InChI is InChI=1S/C24H20N4O2S2/c1-31-19-10-7-17(8-11-19)22-16-24(18-9-12-21-23(15-18)26-14-13-25-21)28(27-22)32(29,30)20-5-3-2-4-6-20/h2-15,24H,16H2,1H3/t24-/m1/s1. The summed E-state index contributed by atoms with van der Waals surface area (Å²) in [5.41, 5.74) is 3.97. The van der Waals surface area contributed by atoms with E-state index in [-0.39, 0.29) is 4.90 Å². The maximum Gasteiger partial charge on any atom is 0.279 e. The van der Waals surface area contributed by atoms with Gasteiger partial charge < -0.3 is 0 Å². The molecular formula is C24H20N4O2S2. The minimum Gasteiger partial charge on any atom is -0.253 e. The zero-order valence-electron chi connectivity index (χ0n) is 17.3. The number of sulfonamides is 1. The van der Waals surface area contributed by atoms with Crippen molar-refractivity contribution in [3.63, 3.8) is 0 Å². The van der Waals surface area contributed by atoms with Crippen molar-refractivity contribution in [2.24, 2.45) is 5.10 Å². The quantitative estimate of drug-likeness (QED) is 0.396. The molecule has 1 aliphatic rings. The summed E-state index contributed by atoms with van der Waals surface area (Å²) < 4.78 is 28.3. The van der Waals surface area contributed by atoms with Gasteiger partial charge in [-0.05, 0) is 53.8 Å². The molecule has 32 heavy (non-hydrogen) atoms. The van der Waals surface area contributed by atoms with E-state index in [0.29, 0.717) is 6.42 Å². The lowest BCUT2D eigenvalue weighted by Gasteiger charge is -2.23. The molecule has 5 rings (SSSR count). The Kier molecular flexibility index (Phi) is 5.40. The van der Waals surface area contributed by atoms with E-state index in [1.807, 2.05) is 48.7 Å². The van der Waals surface area contributed by atoms with E-state index in [0.717, 1.165) is 32.8 Å². The molecule has 0 bridgehead atoms. The fourth-order valence-corrected chi connectivity index (χ4v) is 5.67. The number of hydrogen-bond acceptors (Lipinski definition) is 6. The number of rotatable bonds is 5. The lowest BCUT2D eigenvalue weighted by molar-refractivity contribution is 0.371. The average Bonchev–Trinajstić information content (AvgIpc) is 3.31. The largest absolute Gasteiger partial charge is 0.279 e. The van der Waals surface area contributed by atoms with Crippen LogP contribution in [0.4, 0.5) is 0 Å². The number of aromatic nitrogens is 2. The van der Waals surface area contributed by atoms with Crippen molar-refractivity contribution < 1.29 is 8.42 Å². The first-order chi connectivity index (χ1) is 15.6. The average molecular weight is 461 g/mol. The first-order valence-corrected chi connectivity index (χ1v) is 12.7. The van der Waals surface area contributed by atoms with Gasteiger partial charge in [-0.1, -0.05) is 36.4 Å². The van der Waals surface area contributed by atoms with Crippen LogP contribution in [-0.4, -0.2) is 34.8 Å². The summed E-state index contributed by atoms with van der Waals surface area (Å²) in [6.45, 7) is 0. The molecule has 0 saturated heterocycles. The van der Waals surface area contributed by atoms with Crippen LogP contribution in [0, 0.1) is 0 Å². The van der Waals surface area contributed by atoms with E-state index >= 15 is 0 Å². The molecule has 8 heteroatoms. The Morgan fingerprint density at radius 1 is 0.906 bits per heavy atom. The molecule has 0 aliphatic carbocycles. The molecule has 3 aromatic carbocycles. The van der Waals surface area contributed by atoms with E-state index in [9.17, 15) is 8.42 Å². The fraction of sp³-hybridized carbons (Fsp3) is 0.125. The van der Waals surface area contributed by atoms with Crippen LogP contribution in [0.25, 0.3) is 11.0 Å². The minimum atomic E-state index is -3.84. The van der Waals surface area contributed by atoms with E-state index < -0.39 is 16.1 Å². The summed E-state index contributed by atoms with van der Waals surface area (Å²) >= 11 is 1.66. The number of hydrogen-bond donors (Lipinski definition) is 0. The molecule has 0 fully saturated rings. The van der Waals surface area contributed by atoms with Gasteiger partial charge in [0.15, 0.2) is 0 Å². The van der Waals surface area contributed by atoms with Gasteiger partial charge in [0.05, 0.1) is 27.7 Å². The molecule has 1 aliphatic heterocycles. The van der Waals surface area contributed by atoms with Crippen LogP contribution in [0.1, 0.15) is 23.6 Å². The Labute approximate surface area is 191 Å². The lowest BCUT2D eigenvalue weighted by atomic mass is 9.99. The van der Waals surface area contributed by atoms with Crippen LogP contribution in [-0.2, 0) is 10.0 Å². The van der Waals surface area contributed by atoms with Gasteiger partial charge in [0.1, 0.15) is 0 Å². The van der Waals surface area contributed by atoms with Crippen molar-refractivity contribution in [3.8, 4) is 0 Å². The molecule has 0 unspecified atom stereocenters. The third kappa shape index (κ3) is 3.76.